The Kier molecular flexibility index (Phi) is 9.28. The smallest absolute Gasteiger partial charge is 0.0478 e. The van der Waals surface area contributed by atoms with Crippen molar-refractivity contribution in [3.63, 3.8) is 0 Å². The zero-order chi connectivity index (χ0) is 19.3. The summed E-state index contributed by atoms with van der Waals surface area (Å²) in [6.45, 7) is 8.64. The van der Waals surface area contributed by atoms with Crippen LogP contribution >= 0.6 is 0 Å². The fraction of sp³-hybridized carbons (Fsp3) is 0.440. The SMILES string of the molecule is C(=C\c1ccccc1)/CN1CCN(CCCOCCCc2ccccc2)CC1. The van der Waals surface area contributed by atoms with Crippen molar-refractivity contribution in [2.45, 2.75) is 19.3 Å². The van der Waals surface area contributed by atoms with Gasteiger partial charge in [-0.05, 0) is 30.4 Å². The molecule has 1 aliphatic heterocycles. The van der Waals surface area contributed by atoms with Crippen LogP contribution in [-0.4, -0.2) is 62.3 Å². The first-order valence-corrected chi connectivity index (χ1v) is 10.7. The molecule has 0 aliphatic carbocycles. The number of nitrogens with zero attached hydrogens (tertiary/aromatic N) is 2. The fourth-order valence-electron chi connectivity index (χ4n) is 3.61. The molecule has 0 N–H and O–H groups in total. The van der Waals surface area contributed by atoms with E-state index < -0.39 is 0 Å². The Morgan fingerprint density at radius 3 is 2.14 bits per heavy atom. The minimum atomic E-state index is 0.871. The highest BCUT2D eigenvalue weighted by Crippen LogP contribution is 2.06. The lowest BCUT2D eigenvalue weighted by Gasteiger charge is -2.34. The van der Waals surface area contributed by atoms with E-state index in [1.807, 2.05) is 0 Å². The van der Waals surface area contributed by atoms with Crippen molar-refractivity contribution >= 4 is 6.08 Å². The highest BCUT2D eigenvalue weighted by atomic mass is 16.5. The van der Waals surface area contributed by atoms with E-state index in [-0.39, 0.29) is 0 Å². The predicted octanol–water partition coefficient (Wildman–Crippen LogP) is 4.36. The largest absolute Gasteiger partial charge is 0.381 e. The van der Waals surface area contributed by atoms with Gasteiger partial charge in [0.25, 0.3) is 0 Å². The third kappa shape index (κ3) is 7.97. The van der Waals surface area contributed by atoms with Crippen LogP contribution < -0.4 is 0 Å². The zero-order valence-electron chi connectivity index (χ0n) is 17.0. The molecule has 2 aromatic carbocycles. The van der Waals surface area contributed by atoms with Crippen LogP contribution in [0.1, 0.15) is 24.0 Å². The summed E-state index contributed by atoms with van der Waals surface area (Å²) in [6.07, 6.45) is 7.87. The maximum Gasteiger partial charge on any atom is 0.0478 e. The molecule has 0 amide bonds. The van der Waals surface area contributed by atoms with Gasteiger partial charge in [0, 0.05) is 52.5 Å². The molecule has 0 spiro atoms. The third-order valence-corrected chi connectivity index (χ3v) is 5.30. The Bertz CT molecular complexity index is 663. The average molecular weight is 379 g/mol. The second-order valence-corrected chi connectivity index (χ2v) is 7.51. The minimum Gasteiger partial charge on any atom is -0.381 e. The Hall–Kier alpha value is -1.94. The van der Waals surface area contributed by atoms with Crippen molar-refractivity contribution in [2.24, 2.45) is 0 Å². The summed E-state index contributed by atoms with van der Waals surface area (Å²) in [4.78, 5) is 5.11. The van der Waals surface area contributed by atoms with E-state index in [2.05, 4.69) is 82.6 Å². The van der Waals surface area contributed by atoms with Gasteiger partial charge in [-0.1, -0.05) is 72.8 Å². The van der Waals surface area contributed by atoms with Crippen LogP contribution in [0.5, 0.6) is 0 Å². The lowest BCUT2D eigenvalue weighted by atomic mass is 10.1. The lowest BCUT2D eigenvalue weighted by Crippen LogP contribution is -2.46. The molecule has 0 unspecified atom stereocenters. The molecule has 1 heterocycles. The Labute approximate surface area is 170 Å². The van der Waals surface area contributed by atoms with Crippen molar-refractivity contribution in [2.75, 3.05) is 52.5 Å². The summed E-state index contributed by atoms with van der Waals surface area (Å²) in [5, 5.41) is 0. The summed E-state index contributed by atoms with van der Waals surface area (Å²) in [6, 6.07) is 21.2. The van der Waals surface area contributed by atoms with Crippen molar-refractivity contribution in [1.82, 2.24) is 9.80 Å². The summed E-state index contributed by atoms with van der Waals surface area (Å²) >= 11 is 0. The van der Waals surface area contributed by atoms with Crippen molar-refractivity contribution in [3.8, 4) is 0 Å². The van der Waals surface area contributed by atoms with Gasteiger partial charge in [0.1, 0.15) is 0 Å². The Balaban J connectivity index is 1.18. The highest BCUT2D eigenvalue weighted by Gasteiger charge is 2.15. The molecule has 0 atom stereocenters. The number of hydrogen-bond acceptors (Lipinski definition) is 3. The number of ether oxygens (including phenoxy) is 1. The van der Waals surface area contributed by atoms with E-state index in [1.54, 1.807) is 0 Å². The summed E-state index contributed by atoms with van der Waals surface area (Å²) in [5.41, 5.74) is 2.69. The van der Waals surface area contributed by atoms with Crippen LogP contribution in [0, 0.1) is 0 Å². The number of piperazine rings is 1. The second kappa shape index (κ2) is 12.5. The molecule has 3 rings (SSSR count). The molecule has 3 nitrogen and oxygen atoms in total. The van der Waals surface area contributed by atoms with Crippen LogP contribution in [0.2, 0.25) is 0 Å². The van der Waals surface area contributed by atoms with Gasteiger partial charge in [-0.15, -0.1) is 0 Å². The monoisotopic (exact) mass is 378 g/mol. The van der Waals surface area contributed by atoms with Crippen LogP contribution in [0.4, 0.5) is 0 Å². The zero-order valence-corrected chi connectivity index (χ0v) is 17.0. The first kappa shape index (κ1) is 20.8. The maximum absolute atomic E-state index is 5.82. The van der Waals surface area contributed by atoms with Gasteiger partial charge in [-0.3, -0.25) is 4.90 Å². The number of hydrogen-bond donors (Lipinski definition) is 0. The molecule has 1 aliphatic rings. The van der Waals surface area contributed by atoms with Crippen LogP contribution in [0.15, 0.2) is 66.7 Å². The predicted molar refractivity (Wildman–Crippen MR) is 119 cm³/mol. The van der Waals surface area contributed by atoms with Crippen molar-refractivity contribution in [1.29, 1.82) is 0 Å². The molecule has 2 aromatic rings. The highest BCUT2D eigenvalue weighted by molar-refractivity contribution is 5.48. The summed E-state index contributed by atoms with van der Waals surface area (Å²) in [5.74, 6) is 0. The standard InChI is InChI=1S/C25H34N2O/c1-3-10-24(11-4-1)14-7-16-26-18-20-27(21-19-26)17-9-23-28-22-8-15-25-12-5-2-6-13-25/h1-7,10-14H,8-9,15-23H2/b14-7+. The van der Waals surface area contributed by atoms with E-state index in [4.69, 9.17) is 4.74 Å². The van der Waals surface area contributed by atoms with Crippen LogP contribution in [0.25, 0.3) is 6.08 Å². The normalized spacial score (nSPS) is 16.0. The molecule has 0 saturated carbocycles. The van der Waals surface area contributed by atoms with E-state index in [9.17, 15) is 0 Å². The Morgan fingerprint density at radius 1 is 0.750 bits per heavy atom. The molecular formula is C25H34N2O. The van der Waals surface area contributed by atoms with Gasteiger partial charge >= 0.3 is 0 Å². The van der Waals surface area contributed by atoms with Gasteiger partial charge in [0.15, 0.2) is 0 Å². The summed E-state index contributed by atoms with van der Waals surface area (Å²) in [7, 11) is 0. The maximum atomic E-state index is 5.82. The van der Waals surface area contributed by atoms with Gasteiger partial charge in [0.2, 0.25) is 0 Å². The average Bonchev–Trinajstić information content (AvgIpc) is 2.76. The van der Waals surface area contributed by atoms with E-state index in [0.717, 1.165) is 58.7 Å². The van der Waals surface area contributed by atoms with Crippen LogP contribution in [-0.2, 0) is 11.2 Å². The molecular weight excluding hydrogens is 344 g/mol. The van der Waals surface area contributed by atoms with Gasteiger partial charge < -0.3 is 9.64 Å². The van der Waals surface area contributed by atoms with Gasteiger partial charge in [-0.2, -0.15) is 0 Å². The van der Waals surface area contributed by atoms with E-state index >= 15 is 0 Å². The van der Waals surface area contributed by atoms with Crippen molar-refractivity contribution < 1.29 is 4.74 Å². The fourth-order valence-corrected chi connectivity index (χ4v) is 3.61. The topological polar surface area (TPSA) is 15.7 Å². The molecule has 28 heavy (non-hydrogen) atoms. The molecule has 0 radical (unpaired) electrons. The first-order valence-electron chi connectivity index (χ1n) is 10.7. The van der Waals surface area contributed by atoms with E-state index in [0.29, 0.717) is 0 Å². The van der Waals surface area contributed by atoms with Crippen LogP contribution in [0.3, 0.4) is 0 Å². The second-order valence-electron chi connectivity index (χ2n) is 7.51. The summed E-state index contributed by atoms with van der Waals surface area (Å²) < 4.78 is 5.82. The lowest BCUT2D eigenvalue weighted by molar-refractivity contribution is 0.101. The molecule has 1 saturated heterocycles. The molecule has 0 bridgehead atoms. The van der Waals surface area contributed by atoms with Crippen molar-refractivity contribution in [3.05, 3.63) is 77.9 Å². The first-order chi connectivity index (χ1) is 13.9. The number of rotatable bonds is 11. The molecule has 1 fully saturated rings. The molecule has 0 aromatic heterocycles. The van der Waals surface area contributed by atoms with E-state index in [1.165, 1.54) is 24.2 Å². The molecule has 3 heteroatoms. The number of aryl methyl sites for hydroxylation is 1. The quantitative estimate of drug-likeness (QED) is 0.541. The third-order valence-electron chi connectivity index (χ3n) is 5.30. The van der Waals surface area contributed by atoms with Gasteiger partial charge in [0.05, 0.1) is 0 Å². The molecule has 150 valence electrons. The Morgan fingerprint density at radius 2 is 1.39 bits per heavy atom. The van der Waals surface area contributed by atoms with Gasteiger partial charge in [-0.25, -0.2) is 0 Å². The number of benzene rings is 2. The minimum absolute atomic E-state index is 0.871.